The predicted octanol–water partition coefficient (Wildman–Crippen LogP) is 2.67. The number of nitrogens with zero attached hydrogens (tertiary/aromatic N) is 2. The van der Waals surface area contributed by atoms with Crippen molar-refractivity contribution in [3.8, 4) is 5.75 Å². The van der Waals surface area contributed by atoms with Crippen LogP contribution in [0.4, 0.5) is 5.82 Å². The zero-order valence-electron chi connectivity index (χ0n) is 10.3. The molecule has 1 rings (SSSR count). The molecule has 0 spiro atoms. The third kappa shape index (κ3) is 3.56. The fourth-order valence-corrected chi connectivity index (χ4v) is 2.43. The van der Waals surface area contributed by atoms with Crippen molar-refractivity contribution in [2.45, 2.75) is 25.3 Å². The highest BCUT2D eigenvalue weighted by Gasteiger charge is 2.11. The quantitative estimate of drug-likeness (QED) is 0.613. The van der Waals surface area contributed by atoms with Gasteiger partial charge in [0.05, 0.1) is 7.11 Å². The molecule has 0 saturated carbocycles. The molecule has 0 aliphatic carbocycles. The van der Waals surface area contributed by atoms with E-state index in [1.165, 1.54) is 6.42 Å². The summed E-state index contributed by atoms with van der Waals surface area (Å²) in [6.07, 6.45) is 2.73. The van der Waals surface area contributed by atoms with Crippen LogP contribution >= 0.6 is 11.8 Å². The molecule has 0 amide bonds. The van der Waals surface area contributed by atoms with E-state index in [1.54, 1.807) is 25.2 Å². The van der Waals surface area contributed by atoms with Gasteiger partial charge >= 0.3 is 0 Å². The average molecular weight is 241 g/mol. The minimum absolute atomic E-state index is 0.712. The van der Waals surface area contributed by atoms with E-state index in [2.05, 4.69) is 29.1 Å². The average Bonchev–Trinajstić information content (AvgIpc) is 2.28. The number of aromatic nitrogens is 2. The second-order valence-corrected chi connectivity index (χ2v) is 4.93. The highest BCUT2D eigenvalue weighted by Crippen LogP contribution is 2.32. The third-order valence-electron chi connectivity index (χ3n) is 2.15. The molecule has 1 aromatic rings. The Kier molecular flexibility index (Phi) is 5.38. The standard InChI is InChI=1S/C11H19N3OS/c1-8(2)5-6-16-11-9(15-4)10(12-3)13-7-14-11/h7-8H,5-6H2,1-4H3,(H,12,13,14). The molecule has 0 fully saturated rings. The molecule has 16 heavy (non-hydrogen) atoms. The number of anilines is 1. The lowest BCUT2D eigenvalue weighted by molar-refractivity contribution is 0.400. The maximum atomic E-state index is 5.32. The van der Waals surface area contributed by atoms with Crippen molar-refractivity contribution < 1.29 is 4.74 Å². The van der Waals surface area contributed by atoms with E-state index in [0.717, 1.165) is 22.3 Å². The van der Waals surface area contributed by atoms with Crippen molar-refractivity contribution in [1.29, 1.82) is 0 Å². The van der Waals surface area contributed by atoms with E-state index in [4.69, 9.17) is 4.74 Å². The Bertz CT molecular complexity index is 331. The second-order valence-electron chi connectivity index (χ2n) is 3.84. The van der Waals surface area contributed by atoms with Gasteiger partial charge in [0.1, 0.15) is 11.4 Å². The topological polar surface area (TPSA) is 47.0 Å². The molecule has 0 atom stereocenters. The van der Waals surface area contributed by atoms with Crippen LogP contribution in [0.2, 0.25) is 0 Å². The van der Waals surface area contributed by atoms with Crippen LogP contribution in [-0.2, 0) is 0 Å². The Hall–Kier alpha value is -0.970. The lowest BCUT2D eigenvalue weighted by Gasteiger charge is -2.11. The Morgan fingerprint density at radius 1 is 1.44 bits per heavy atom. The molecule has 0 aliphatic heterocycles. The van der Waals surface area contributed by atoms with E-state index in [-0.39, 0.29) is 0 Å². The summed E-state index contributed by atoms with van der Waals surface area (Å²) < 4.78 is 5.32. The Morgan fingerprint density at radius 3 is 2.75 bits per heavy atom. The smallest absolute Gasteiger partial charge is 0.193 e. The Labute approximate surface area is 101 Å². The van der Waals surface area contributed by atoms with Gasteiger partial charge in [0.15, 0.2) is 11.6 Å². The van der Waals surface area contributed by atoms with Crippen LogP contribution in [-0.4, -0.2) is 29.9 Å². The first-order valence-electron chi connectivity index (χ1n) is 5.38. The van der Waals surface area contributed by atoms with Crippen LogP contribution in [0.25, 0.3) is 0 Å². The number of hydrogen-bond acceptors (Lipinski definition) is 5. The van der Waals surface area contributed by atoms with Crippen LogP contribution in [0.3, 0.4) is 0 Å². The van der Waals surface area contributed by atoms with Crippen molar-refractivity contribution in [3.63, 3.8) is 0 Å². The van der Waals surface area contributed by atoms with Crippen LogP contribution in [0, 0.1) is 5.92 Å². The number of hydrogen-bond donors (Lipinski definition) is 1. The highest BCUT2D eigenvalue weighted by molar-refractivity contribution is 7.99. The maximum Gasteiger partial charge on any atom is 0.193 e. The molecule has 0 radical (unpaired) electrons. The molecule has 0 aliphatic rings. The zero-order valence-corrected chi connectivity index (χ0v) is 11.1. The first kappa shape index (κ1) is 13.1. The molecular weight excluding hydrogens is 222 g/mol. The molecule has 1 heterocycles. The minimum Gasteiger partial charge on any atom is -0.490 e. The summed E-state index contributed by atoms with van der Waals surface area (Å²) in [6, 6.07) is 0. The second kappa shape index (κ2) is 6.58. The Balaban J connectivity index is 2.71. The molecule has 5 heteroatoms. The van der Waals surface area contributed by atoms with Crippen molar-refractivity contribution in [1.82, 2.24) is 9.97 Å². The minimum atomic E-state index is 0.712. The summed E-state index contributed by atoms with van der Waals surface area (Å²) >= 11 is 1.71. The molecule has 0 saturated heterocycles. The summed E-state index contributed by atoms with van der Waals surface area (Å²) in [7, 11) is 3.47. The van der Waals surface area contributed by atoms with E-state index in [9.17, 15) is 0 Å². The zero-order chi connectivity index (χ0) is 12.0. The van der Waals surface area contributed by atoms with Gasteiger partial charge in [0.25, 0.3) is 0 Å². The first-order chi connectivity index (χ1) is 7.69. The van der Waals surface area contributed by atoms with Gasteiger partial charge in [-0.05, 0) is 18.1 Å². The number of methoxy groups -OCH3 is 1. The van der Waals surface area contributed by atoms with Gasteiger partial charge in [0, 0.05) is 7.05 Å². The highest BCUT2D eigenvalue weighted by atomic mass is 32.2. The van der Waals surface area contributed by atoms with E-state index >= 15 is 0 Å². The molecule has 0 unspecified atom stereocenters. The Morgan fingerprint density at radius 2 is 2.19 bits per heavy atom. The number of ether oxygens (including phenoxy) is 1. The SMILES string of the molecule is CNc1ncnc(SCCC(C)C)c1OC. The van der Waals surface area contributed by atoms with E-state index < -0.39 is 0 Å². The first-order valence-corrected chi connectivity index (χ1v) is 6.37. The van der Waals surface area contributed by atoms with Gasteiger partial charge in [-0.1, -0.05) is 13.8 Å². The maximum absolute atomic E-state index is 5.32. The van der Waals surface area contributed by atoms with Gasteiger partial charge in [-0.3, -0.25) is 0 Å². The summed E-state index contributed by atoms with van der Waals surface area (Å²) in [5.41, 5.74) is 0. The predicted molar refractivity (Wildman–Crippen MR) is 68.3 cm³/mol. The fraction of sp³-hybridized carbons (Fsp3) is 0.636. The molecule has 90 valence electrons. The summed E-state index contributed by atoms with van der Waals surface area (Å²) in [5.74, 6) is 3.24. The van der Waals surface area contributed by atoms with Gasteiger partial charge in [-0.25, -0.2) is 9.97 Å². The fourth-order valence-electron chi connectivity index (χ4n) is 1.21. The van der Waals surface area contributed by atoms with Crippen molar-refractivity contribution in [2.24, 2.45) is 5.92 Å². The molecule has 4 nitrogen and oxygen atoms in total. The van der Waals surface area contributed by atoms with E-state index in [0.29, 0.717) is 5.92 Å². The summed E-state index contributed by atoms with van der Waals surface area (Å²) in [6.45, 7) is 4.44. The van der Waals surface area contributed by atoms with Crippen molar-refractivity contribution >= 4 is 17.6 Å². The van der Waals surface area contributed by atoms with Crippen LogP contribution in [0.1, 0.15) is 20.3 Å². The number of thioether (sulfide) groups is 1. The number of nitrogens with one attached hydrogen (secondary N) is 1. The lowest BCUT2D eigenvalue weighted by atomic mass is 10.2. The normalized spacial score (nSPS) is 10.6. The molecule has 0 aromatic carbocycles. The molecule has 0 bridgehead atoms. The summed E-state index contributed by atoms with van der Waals surface area (Å²) in [4.78, 5) is 8.35. The number of rotatable bonds is 6. The van der Waals surface area contributed by atoms with Gasteiger partial charge in [-0.15, -0.1) is 11.8 Å². The van der Waals surface area contributed by atoms with Crippen LogP contribution < -0.4 is 10.1 Å². The van der Waals surface area contributed by atoms with Crippen molar-refractivity contribution in [3.05, 3.63) is 6.33 Å². The lowest BCUT2D eigenvalue weighted by Crippen LogP contribution is -2.00. The van der Waals surface area contributed by atoms with Crippen LogP contribution in [0.15, 0.2) is 11.4 Å². The molecule has 1 N–H and O–H groups in total. The third-order valence-corrected chi connectivity index (χ3v) is 3.15. The van der Waals surface area contributed by atoms with Crippen molar-refractivity contribution in [2.75, 3.05) is 25.2 Å². The van der Waals surface area contributed by atoms with Gasteiger partial charge < -0.3 is 10.1 Å². The molecule has 1 aromatic heterocycles. The largest absolute Gasteiger partial charge is 0.490 e. The van der Waals surface area contributed by atoms with Gasteiger partial charge in [0.2, 0.25) is 0 Å². The molecular formula is C11H19N3OS. The summed E-state index contributed by atoms with van der Waals surface area (Å²) in [5, 5.41) is 3.90. The van der Waals surface area contributed by atoms with E-state index in [1.807, 2.05) is 7.05 Å². The van der Waals surface area contributed by atoms with Crippen LogP contribution in [0.5, 0.6) is 5.75 Å². The van der Waals surface area contributed by atoms with Gasteiger partial charge in [-0.2, -0.15) is 0 Å². The monoisotopic (exact) mass is 241 g/mol.